The average Bonchev–Trinajstić information content (AvgIpc) is 3.49. The molecule has 2 aliphatic heterocycles. The van der Waals surface area contributed by atoms with Crippen molar-refractivity contribution in [2.24, 2.45) is 5.92 Å². The Morgan fingerprint density at radius 2 is 1.93 bits per heavy atom. The molecule has 1 saturated carbocycles. The summed E-state index contributed by atoms with van der Waals surface area (Å²) in [6, 6.07) is 3.50. The number of carbonyl (C=O) groups excluding carboxylic acids is 2. The topological polar surface area (TPSA) is 95.0 Å². The molecule has 3 heterocycles. The van der Waals surface area contributed by atoms with Gasteiger partial charge in [0.05, 0.1) is 13.2 Å². The number of aromatic nitrogens is 1. The van der Waals surface area contributed by atoms with E-state index in [1.54, 1.807) is 6.07 Å². The number of morpholine rings is 1. The van der Waals surface area contributed by atoms with Crippen LogP contribution in [0.1, 0.15) is 42.6 Å². The predicted molar refractivity (Wildman–Crippen MR) is 106 cm³/mol. The molecule has 4 rings (SSSR count). The van der Waals surface area contributed by atoms with Gasteiger partial charge in [0.15, 0.2) is 5.69 Å². The first kappa shape index (κ1) is 20.1. The van der Waals surface area contributed by atoms with Crippen molar-refractivity contribution in [3.63, 3.8) is 0 Å². The molecular formula is C21H30N4O4. The lowest BCUT2D eigenvalue weighted by atomic mass is 10.1. The lowest BCUT2D eigenvalue weighted by Gasteiger charge is -2.33. The van der Waals surface area contributed by atoms with E-state index in [0.717, 1.165) is 19.4 Å². The van der Waals surface area contributed by atoms with E-state index in [-0.39, 0.29) is 35.3 Å². The van der Waals surface area contributed by atoms with Gasteiger partial charge in [-0.15, -0.1) is 0 Å². The number of carbonyl (C=O) groups is 2. The van der Waals surface area contributed by atoms with Crippen LogP contribution >= 0.6 is 0 Å². The van der Waals surface area contributed by atoms with E-state index >= 15 is 0 Å². The number of aromatic hydroxyl groups is 1. The van der Waals surface area contributed by atoms with E-state index in [1.807, 2.05) is 4.90 Å². The molecule has 2 atom stereocenters. The summed E-state index contributed by atoms with van der Waals surface area (Å²) in [6.45, 7) is 4.11. The van der Waals surface area contributed by atoms with Crippen LogP contribution in [0.3, 0.4) is 0 Å². The maximum absolute atomic E-state index is 12.7. The first-order valence-electron chi connectivity index (χ1n) is 10.6. The third-order valence-corrected chi connectivity index (χ3v) is 6.21. The Hall–Kier alpha value is -2.19. The summed E-state index contributed by atoms with van der Waals surface area (Å²) in [5, 5.41) is 12.8. The van der Waals surface area contributed by atoms with E-state index in [2.05, 4.69) is 15.2 Å². The number of nitrogens with one attached hydrogen (secondary N) is 1. The normalized spacial score (nSPS) is 25.2. The second kappa shape index (κ2) is 9.09. The summed E-state index contributed by atoms with van der Waals surface area (Å²) in [4.78, 5) is 33.5. The second-order valence-corrected chi connectivity index (χ2v) is 8.30. The first-order chi connectivity index (χ1) is 14.1. The van der Waals surface area contributed by atoms with Gasteiger partial charge in [0.2, 0.25) is 5.91 Å². The number of pyridine rings is 1. The van der Waals surface area contributed by atoms with Crippen LogP contribution < -0.4 is 5.32 Å². The highest BCUT2D eigenvalue weighted by Crippen LogP contribution is 2.35. The van der Waals surface area contributed by atoms with Gasteiger partial charge in [-0.25, -0.2) is 4.98 Å². The van der Waals surface area contributed by atoms with Gasteiger partial charge >= 0.3 is 0 Å². The van der Waals surface area contributed by atoms with Crippen molar-refractivity contribution in [1.82, 2.24) is 20.1 Å². The number of nitrogens with zero attached hydrogens (tertiary/aromatic N) is 3. The Bertz CT molecular complexity index is 733. The molecule has 0 radical (unpaired) electrons. The van der Waals surface area contributed by atoms with Crippen LogP contribution in [0.15, 0.2) is 18.3 Å². The van der Waals surface area contributed by atoms with Crippen molar-refractivity contribution < 1.29 is 19.4 Å². The first-order valence-corrected chi connectivity index (χ1v) is 10.6. The highest BCUT2D eigenvalue weighted by molar-refractivity contribution is 5.94. The fourth-order valence-electron chi connectivity index (χ4n) is 4.36. The van der Waals surface area contributed by atoms with Crippen LogP contribution in [0.2, 0.25) is 0 Å². The fourth-order valence-corrected chi connectivity index (χ4v) is 4.36. The van der Waals surface area contributed by atoms with Gasteiger partial charge < -0.3 is 20.1 Å². The Labute approximate surface area is 171 Å². The molecule has 2 N–H and O–H groups in total. The molecule has 1 aliphatic carbocycles. The second-order valence-electron chi connectivity index (χ2n) is 8.30. The molecule has 0 aromatic carbocycles. The largest absolute Gasteiger partial charge is 0.505 e. The summed E-state index contributed by atoms with van der Waals surface area (Å²) < 4.78 is 5.35. The SMILES string of the molecule is O=C(NC[C@@H]1CC[C@H](CC(=O)N2CCOCC2)N1CC1CC1)c1ncccc1O. The summed E-state index contributed by atoms with van der Waals surface area (Å²) in [5.74, 6) is 0.455. The smallest absolute Gasteiger partial charge is 0.273 e. The minimum atomic E-state index is -0.359. The average molecular weight is 402 g/mol. The number of hydrogen-bond donors (Lipinski definition) is 2. The zero-order valence-corrected chi connectivity index (χ0v) is 16.8. The highest BCUT2D eigenvalue weighted by Gasteiger charge is 2.38. The van der Waals surface area contributed by atoms with Gasteiger partial charge in [0, 0.05) is 50.9 Å². The minimum absolute atomic E-state index is 0.0540. The number of rotatable bonds is 7. The molecule has 3 aliphatic rings. The van der Waals surface area contributed by atoms with E-state index in [0.29, 0.717) is 45.2 Å². The standard InChI is InChI=1S/C21H30N4O4/c26-18-2-1-7-22-20(18)21(28)23-13-17-6-5-16(25(17)14-15-3-4-15)12-19(27)24-8-10-29-11-9-24/h1-2,7,15-17,26H,3-6,8-14H2,(H,23,28)/t16-,17+/m1/s1. The maximum atomic E-state index is 12.7. The van der Waals surface area contributed by atoms with Crippen molar-refractivity contribution in [2.75, 3.05) is 39.4 Å². The van der Waals surface area contributed by atoms with E-state index in [9.17, 15) is 14.7 Å². The molecule has 158 valence electrons. The Balaban J connectivity index is 1.34. The zero-order chi connectivity index (χ0) is 20.2. The lowest BCUT2D eigenvalue weighted by molar-refractivity contribution is -0.136. The summed E-state index contributed by atoms with van der Waals surface area (Å²) >= 11 is 0. The molecule has 3 fully saturated rings. The van der Waals surface area contributed by atoms with Gasteiger partial charge in [0.25, 0.3) is 5.91 Å². The Morgan fingerprint density at radius 1 is 1.17 bits per heavy atom. The summed E-state index contributed by atoms with van der Waals surface area (Å²) in [5.41, 5.74) is 0.0540. The number of likely N-dealkylation sites (tertiary alicyclic amines) is 1. The molecule has 0 unspecified atom stereocenters. The summed E-state index contributed by atoms with van der Waals surface area (Å²) in [6.07, 6.45) is 6.47. The molecule has 1 aromatic heterocycles. The van der Waals surface area contributed by atoms with Gasteiger partial charge in [-0.3, -0.25) is 14.5 Å². The molecule has 29 heavy (non-hydrogen) atoms. The van der Waals surface area contributed by atoms with Crippen molar-refractivity contribution in [1.29, 1.82) is 0 Å². The third kappa shape index (κ3) is 5.05. The molecule has 8 nitrogen and oxygen atoms in total. The summed E-state index contributed by atoms with van der Waals surface area (Å²) in [7, 11) is 0. The van der Waals surface area contributed by atoms with Crippen LogP contribution in [0.4, 0.5) is 0 Å². The van der Waals surface area contributed by atoms with Crippen LogP contribution in [0.25, 0.3) is 0 Å². The van der Waals surface area contributed by atoms with Crippen LogP contribution in [0, 0.1) is 5.92 Å². The molecular weight excluding hydrogens is 372 g/mol. The van der Waals surface area contributed by atoms with Gasteiger partial charge in [-0.1, -0.05) is 0 Å². The number of amides is 2. The molecule has 2 saturated heterocycles. The van der Waals surface area contributed by atoms with Crippen LogP contribution in [-0.4, -0.2) is 83.2 Å². The minimum Gasteiger partial charge on any atom is -0.505 e. The Kier molecular flexibility index (Phi) is 6.30. The van der Waals surface area contributed by atoms with Crippen LogP contribution in [-0.2, 0) is 9.53 Å². The van der Waals surface area contributed by atoms with E-state index in [1.165, 1.54) is 25.1 Å². The molecule has 2 amide bonds. The monoisotopic (exact) mass is 402 g/mol. The molecule has 8 heteroatoms. The van der Waals surface area contributed by atoms with Crippen molar-refractivity contribution in [2.45, 2.75) is 44.2 Å². The third-order valence-electron chi connectivity index (χ3n) is 6.21. The van der Waals surface area contributed by atoms with Gasteiger partial charge in [-0.05, 0) is 43.7 Å². The van der Waals surface area contributed by atoms with Gasteiger partial charge in [-0.2, -0.15) is 0 Å². The predicted octanol–water partition coefficient (Wildman–Crippen LogP) is 1.01. The van der Waals surface area contributed by atoms with Crippen LogP contribution in [0.5, 0.6) is 5.75 Å². The van der Waals surface area contributed by atoms with Crippen molar-refractivity contribution in [3.05, 3.63) is 24.0 Å². The lowest BCUT2D eigenvalue weighted by Crippen LogP contribution is -2.47. The van der Waals surface area contributed by atoms with Crippen molar-refractivity contribution >= 4 is 11.8 Å². The highest BCUT2D eigenvalue weighted by atomic mass is 16.5. The molecule has 1 aromatic rings. The maximum Gasteiger partial charge on any atom is 0.273 e. The number of ether oxygens (including phenoxy) is 1. The zero-order valence-electron chi connectivity index (χ0n) is 16.8. The van der Waals surface area contributed by atoms with Crippen molar-refractivity contribution in [3.8, 4) is 5.75 Å². The fraction of sp³-hybridized carbons (Fsp3) is 0.667. The van der Waals surface area contributed by atoms with E-state index in [4.69, 9.17) is 4.74 Å². The quantitative estimate of drug-likeness (QED) is 0.707. The van der Waals surface area contributed by atoms with E-state index < -0.39 is 0 Å². The van der Waals surface area contributed by atoms with Gasteiger partial charge in [0.1, 0.15) is 5.75 Å². The Morgan fingerprint density at radius 3 is 2.66 bits per heavy atom. The molecule has 0 spiro atoms. The number of hydrogen-bond acceptors (Lipinski definition) is 6. The molecule has 0 bridgehead atoms.